The molecule has 0 aliphatic carbocycles. The maximum absolute atomic E-state index is 15.4. The van der Waals surface area contributed by atoms with Crippen LogP contribution in [0.3, 0.4) is 0 Å². The molecule has 186 valence electrons. The third-order valence-corrected chi connectivity index (χ3v) is 6.93. The van der Waals surface area contributed by atoms with Gasteiger partial charge in [-0.3, -0.25) is 0 Å². The molecule has 2 fully saturated rings. The van der Waals surface area contributed by atoms with Crippen molar-refractivity contribution in [3.8, 4) is 17.0 Å². The molecular weight excluding hydrogens is 481 g/mol. The summed E-state index contributed by atoms with van der Waals surface area (Å²) in [6.45, 7) is 5.76. The topological polar surface area (TPSA) is 124 Å². The Hall–Kier alpha value is -2.57. The first-order valence-electron chi connectivity index (χ1n) is 11.5. The van der Waals surface area contributed by atoms with E-state index in [1.807, 2.05) is 11.5 Å². The van der Waals surface area contributed by atoms with Gasteiger partial charge >= 0.3 is 0 Å². The summed E-state index contributed by atoms with van der Waals surface area (Å²) in [5, 5.41) is 24.6. The molecule has 12 heteroatoms. The van der Waals surface area contributed by atoms with E-state index in [0.29, 0.717) is 42.3 Å². The molecule has 0 radical (unpaired) electrons. The summed E-state index contributed by atoms with van der Waals surface area (Å²) in [6, 6.07) is 0.726. The zero-order valence-electron chi connectivity index (χ0n) is 19.3. The lowest BCUT2D eigenvalue weighted by atomic mass is 10.0. The Balaban J connectivity index is 1.45. The van der Waals surface area contributed by atoms with Crippen molar-refractivity contribution in [3.63, 3.8) is 0 Å². The average Bonchev–Trinajstić information content (AvgIpc) is 3.41. The van der Waals surface area contributed by atoms with Crippen LogP contribution in [0.25, 0.3) is 22.3 Å². The van der Waals surface area contributed by atoms with Crippen LogP contribution < -0.4 is 10.1 Å². The highest BCUT2D eigenvalue weighted by atomic mass is 35.5. The lowest BCUT2D eigenvalue weighted by Gasteiger charge is -2.32. The summed E-state index contributed by atoms with van der Waals surface area (Å²) >= 11 is 6.47. The van der Waals surface area contributed by atoms with Crippen LogP contribution in [0.2, 0.25) is 5.02 Å². The number of anilines is 1. The number of ether oxygens (including phenoxy) is 3. The summed E-state index contributed by atoms with van der Waals surface area (Å²) in [5.41, 5.74) is -0.124. The SMILES string of the molecule is C[C@@H]1COc2c(-c3nc(N[C@@H]4C[C@H]5OC[C@H](O5)[C@H]4O)ncc3Cl)cc(F)c3nc(C(C)(C)O)n1c23. The molecule has 6 rings (SSSR count). The zero-order chi connectivity index (χ0) is 24.6. The van der Waals surface area contributed by atoms with Crippen LogP contribution in [0.1, 0.15) is 39.1 Å². The number of hydrogen-bond donors (Lipinski definition) is 3. The summed E-state index contributed by atoms with van der Waals surface area (Å²) in [6.07, 6.45) is 0.230. The van der Waals surface area contributed by atoms with E-state index < -0.39 is 29.9 Å². The van der Waals surface area contributed by atoms with Crippen LogP contribution in [0.4, 0.5) is 10.3 Å². The van der Waals surface area contributed by atoms with Gasteiger partial charge in [0.05, 0.1) is 35.6 Å². The summed E-state index contributed by atoms with van der Waals surface area (Å²) < 4.78 is 34.3. The van der Waals surface area contributed by atoms with E-state index in [-0.39, 0.29) is 34.3 Å². The maximum Gasteiger partial charge on any atom is 0.223 e. The molecule has 5 atom stereocenters. The van der Waals surface area contributed by atoms with E-state index in [0.717, 1.165) is 0 Å². The molecule has 2 saturated heterocycles. The molecule has 3 aromatic rings. The summed E-state index contributed by atoms with van der Waals surface area (Å²) in [5.74, 6) is 0.365. The van der Waals surface area contributed by atoms with Gasteiger partial charge in [0.15, 0.2) is 17.9 Å². The van der Waals surface area contributed by atoms with E-state index in [1.54, 1.807) is 13.8 Å². The van der Waals surface area contributed by atoms with Gasteiger partial charge in [-0.15, -0.1) is 0 Å². The molecule has 5 heterocycles. The van der Waals surface area contributed by atoms with Crippen LogP contribution in [0.5, 0.6) is 5.75 Å². The van der Waals surface area contributed by atoms with E-state index >= 15 is 4.39 Å². The second-order valence-corrected chi connectivity index (χ2v) is 10.2. The average molecular weight is 506 g/mol. The van der Waals surface area contributed by atoms with Crippen molar-refractivity contribution >= 4 is 28.6 Å². The van der Waals surface area contributed by atoms with Gasteiger partial charge < -0.3 is 34.3 Å². The van der Waals surface area contributed by atoms with Crippen molar-refractivity contribution < 1.29 is 28.8 Å². The second-order valence-electron chi connectivity index (χ2n) is 9.76. The molecule has 0 amide bonds. The second kappa shape index (κ2) is 7.97. The first-order valence-corrected chi connectivity index (χ1v) is 11.8. The van der Waals surface area contributed by atoms with Gasteiger partial charge in [0.2, 0.25) is 5.95 Å². The van der Waals surface area contributed by atoms with Crippen LogP contribution in [0.15, 0.2) is 12.3 Å². The fourth-order valence-corrected chi connectivity index (χ4v) is 5.18. The molecule has 10 nitrogen and oxygen atoms in total. The Morgan fingerprint density at radius 2 is 2.09 bits per heavy atom. The molecule has 0 unspecified atom stereocenters. The number of nitrogens with zero attached hydrogens (tertiary/aromatic N) is 4. The van der Waals surface area contributed by atoms with E-state index in [4.69, 9.17) is 25.8 Å². The van der Waals surface area contributed by atoms with Crippen molar-refractivity contribution in [3.05, 3.63) is 28.9 Å². The third kappa shape index (κ3) is 3.64. The quantitative estimate of drug-likeness (QED) is 0.491. The number of imidazole rings is 1. The predicted molar refractivity (Wildman–Crippen MR) is 124 cm³/mol. The maximum atomic E-state index is 15.4. The molecule has 3 N–H and O–H groups in total. The number of aliphatic hydroxyl groups is 2. The number of halogens is 2. The molecule has 3 aliphatic heterocycles. The standard InChI is InChI=1S/C23H25ClFN5O5/c1-9-7-34-20-10(4-12(25)17-18(20)30(9)21(28-17)23(2,3)32)16-11(24)6-26-22(29-16)27-13-5-15-33-8-14(35-15)19(13)31/h4,6,9,13-15,19,31-32H,5,7-8H2,1-3H3,(H,26,27,29)/t9-,13-,14+,15+,19+/m1/s1. The first kappa shape index (κ1) is 22.9. The summed E-state index contributed by atoms with van der Waals surface area (Å²) in [7, 11) is 0. The van der Waals surface area contributed by atoms with Gasteiger partial charge in [0.1, 0.15) is 41.3 Å². The molecular formula is C23H25ClFN5O5. The number of aromatic nitrogens is 4. The largest absolute Gasteiger partial charge is 0.488 e. The highest BCUT2D eigenvalue weighted by Crippen LogP contribution is 2.45. The minimum Gasteiger partial charge on any atom is -0.488 e. The molecule has 2 bridgehead atoms. The minimum atomic E-state index is -1.29. The van der Waals surface area contributed by atoms with Crippen LogP contribution in [-0.4, -0.2) is 67.5 Å². The van der Waals surface area contributed by atoms with E-state index in [2.05, 4.69) is 20.3 Å². The smallest absolute Gasteiger partial charge is 0.223 e. The highest BCUT2D eigenvalue weighted by Gasteiger charge is 2.43. The molecule has 1 aromatic carbocycles. The van der Waals surface area contributed by atoms with Gasteiger partial charge in [-0.05, 0) is 26.8 Å². The van der Waals surface area contributed by atoms with Crippen molar-refractivity contribution in [2.24, 2.45) is 0 Å². The Morgan fingerprint density at radius 3 is 2.86 bits per heavy atom. The van der Waals surface area contributed by atoms with Gasteiger partial charge in [0.25, 0.3) is 0 Å². The molecule has 3 aliphatic rings. The third-order valence-electron chi connectivity index (χ3n) is 6.65. The highest BCUT2D eigenvalue weighted by molar-refractivity contribution is 6.33. The Kier molecular flexibility index (Phi) is 5.21. The zero-order valence-corrected chi connectivity index (χ0v) is 20.1. The van der Waals surface area contributed by atoms with Gasteiger partial charge in [0, 0.05) is 12.0 Å². The predicted octanol–water partition coefficient (Wildman–Crippen LogP) is 2.75. The normalized spacial score (nSPS) is 27.8. The number of nitrogens with one attached hydrogen (secondary N) is 1. The number of fused-ring (bicyclic) bond motifs is 2. The van der Waals surface area contributed by atoms with E-state index in [1.165, 1.54) is 12.3 Å². The fraction of sp³-hybridized carbons (Fsp3) is 0.522. The monoisotopic (exact) mass is 505 g/mol. The molecule has 0 spiro atoms. The minimum absolute atomic E-state index is 0.108. The fourth-order valence-electron chi connectivity index (χ4n) is 4.99. The lowest BCUT2D eigenvalue weighted by molar-refractivity contribution is -0.123. The van der Waals surface area contributed by atoms with Crippen molar-refractivity contribution in [2.75, 3.05) is 18.5 Å². The molecule has 2 aromatic heterocycles. The van der Waals surface area contributed by atoms with Gasteiger partial charge in [-0.2, -0.15) is 0 Å². The van der Waals surface area contributed by atoms with Crippen molar-refractivity contribution in [1.29, 1.82) is 0 Å². The number of aliphatic hydroxyl groups excluding tert-OH is 1. The Labute approximate surface area is 205 Å². The van der Waals surface area contributed by atoms with Crippen LogP contribution >= 0.6 is 11.6 Å². The number of rotatable bonds is 4. The lowest BCUT2D eigenvalue weighted by Crippen LogP contribution is -2.48. The summed E-state index contributed by atoms with van der Waals surface area (Å²) in [4.78, 5) is 13.2. The Morgan fingerprint density at radius 1 is 1.29 bits per heavy atom. The number of benzene rings is 1. The molecule has 35 heavy (non-hydrogen) atoms. The van der Waals surface area contributed by atoms with Crippen molar-refractivity contribution in [2.45, 2.75) is 63.4 Å². The van der Waals surface area contributed by atoms with Gasteiger partial charge in [-0.25, -0.2) is 19.3 Å². The van der Waals surface area contributed by atoms with Crippen LogP contribution in [0, 0.1) is 5.82 Å². The first-order chi connectivity index (χ1) is 16.6. The molecule has 0 saturated carbocycles. The van der Waals surface area contributed by atoms with Crippen LogP contribution in [-0.2, 0) is 15.1 Å². The van der Waals surface area contributed by atoms with Crippen molar-refractivity contribution in [1.82, 2.24) is 19.5 Å². The van der Waals surface area contributed by atoms with E-state index in [9.17, 15) is 10.2 Å². The Bertz CT molecular complexity index is 1330. The number of hydrogen-bond acceptors (Lipinski definition) is 9. The van der Waals surface area contributed by atoms with Gasteiger partial charge in [-0.1, -0.05) is 11.6 Å².